The van der Waals surface area contributed by atoms with E-state index in [4.69, 9.17) is 0 Å². The highest BCUT2D eigenvalue weighted by Gasteiger charge is 2.18. The number of anilines is 2. The number of rotatable bonds is 7. The number of hydrogen-bond acceptors (Lipinski definition) is 5. The topological polar surface area (TPSA) is 75.3 Å². The molecule has 2 aromatic carbocycles. The monoisotopic (exact) mass is 396 g/mol. The van der Waals surface area contributed by atoms with Crippen molar-refractivity contribution in [1.82, 2.24) is 0 Å². The van der Waals surface area contributed by atoms with Crippen LogP contribution >= 0.6 is 23.5 Å². The van der Waals surface area contributed by atoms with Gasteiger partial charge in [-0.15, -0.1) is 23.5 Å². The smallest absolute Gasteiger partial charge is 0.262 e. The molecular weight excluding hydrogens is 376 g/mol. The van der Waals surface area contributed by atoms with E-state index in [0.29, 0.717) is 11.4 Å². The number of sulfonamides is 1. The molecule has 0 saturated carbocycles. The molecule has 0 unspecified atom stereocenters. The predicted octanol–water partition coefficient (Wildman–Crippen LogP) is 4.28. The summed E-state index contributed by atoms with van der Waals surface area (Å²) < 4.78 is 28.1. The molecule has 8 heteroatoms. The Kier molecular flexibility index (Phi) is 6.80. The van der Waals surface area contributed by atoms with Gasteiger partial charge in [0, 0.05) is 16.7 Å². The Morgan fingerprint density at radius 1 is 1.08 bits per heavy atom. The summed E-state index contributed by atoms with van der Waals surface area (Å²) in [6.45, 7) is 3.40. The van der Waals surface area contributed by atoms with Gasteiger partial charge in [-0.05, 0) is 42.3 Å². The Labute approximate surface area is 157 Å². The maximum Gasteiger partial charge on any atom is 0.262 e. The standard InChI is InChI=1S/C17H20N2O3S3/c1-4-24-17-8-6-5-7-14(17)19-25(21,22)13-9-10-16(23-3)15(11-13)18-12(2)20/h5-11,19H,4H2,1-3H3,(H,18,20). The number of amides is 1. The number of carbonyl (C=O) groups excluding carboxylic acids is 1. The van der Waals surface area contributed by atoms with Crippen LogP contribution in [0.1, 0.15) is 13.8 Å². The van der Waals surface area contributed by atoms with Gasteiger partial charge in [-0.25, -0.2) is 8.42 Å². The van der Waals surface area contributed by atoms with Crippen LogP contribution in [0.4, 0.5) is 11.4 Å². The zero-order valence-electron chi connectivity index (χ0n) is 14.2. The second-order valence-electron chi connectivity index (χ2n) is 5.08. The van der Waals surface area contributed by atoms with Crippen molar-refractivity contribution in [2.24, 2.45) is 0 Å². The van der Waals surface area contributed by atoms with Crippen LogP contribution in [-0.4, -0.2) is 26.3 Å². The molecule has 0 atom stereocenters. The van der Waals surface area contributed by atoms with Crippen molar-refractivity contribution in [3.05, 3.63) is 42.5 Å². The molecule has 0 radical (unpaired) electrons. The first-order chi connectivity index (χ1) is 11.9. The molecule has 0 spiro atoms. The molecule has 0 fully saturated rings. The molecule has 2 aromatic rings. The third-order valence-corrected chi connectivity index (χ3v) is 6.34. The molecule has 0 aliphatic carbocycles. The summed E-state index contributed by atoms with van der Waals surface area (Å²) in [5, 5.41) is 2.68. The summed E-state index contributed by atoms with van der Waals surface area (Å²) in [5.41, 5.74) is 1.03. The zero-order chi connectivity index (χ0) is 18.4. The average molecular weight is 397 g/mol. The molecule has 1 amide bonds. The molecule has 2 N–H and O–H groups in total. The highest BCUT2D eigenvalue weighted by Crippen LogP contribution is 2.31. The lowest BCUT2D eigenvalue weighted by molar-refractivity contribution is -0.114. The minimum absolute atomic E-state index is 0.102. The fourth-order valence-electron chi connectivity index (χ4n) is 2.18. The van der Waals surface area contributed by atoms with Crippen molar-refractivity contribution in [3.8, 4) is 0 Å². The first kappa shape index (κ1) is 19.7. The largest absolute Gasteiger partial charge is 0.325 e. The van der Waals surface area contributed by atoms with Gasteiger partial charge in [0.05, 0.1) is 16.3 Å². The van der Waals surface area contributed by atoms with E-state index in [2.05, 4.69) is 10.0 Å². The summed E-state index contributed by atoms with van der Waals surface area (Å²) in [6, 6.07) is 12.0. The zero-order valence-corrected chi connectivity index (χ0v) is 16.6. The van der Waals surface area contributed by atoms with Crippen LogP contribution in [0.3, 0.4) is 0 Å². The van der Waals surface area contributed by atoms with Gasteiger partial charge >= 0.3 is 0 Å². The second-order valence-corrected chi connectivity index (χ2v) is 8.91. The van der Waals surface area contributed by atoms with Crippen molar-refractivity contribution in [3.63, 3.8) is 0 Å². The van der Waals surface area contributed by atoms with Crippen LogP contribution in [0.25, 0.3) is 0 Å². The normalized spacial score (nSPS) is 11.2. The van der Waals surface area contributed by atoms with E-state index in [9.17, 15) is 13.2 Å². The van der Waals surface area contributed by atoms with Gasteiger partial charge in [0.1, 0.15) is 0 Å². The number of carbonyl (C=O) groups is 1. The van der Waals surface area contributed by atoms with E-state index in [-0.39, 0.29) is 10.8 Å². The summed E-state index contributed by atoms with van der Waals surface area (Å²) in [6.07, 6.45) is 1.87. The highest BCUT2D eigenvalue weighted by atomic mass is 32.2. The van der Waals surface area contributed by atoms with Gasteiger partial charge in [0.25, 0.3) is 10.0 Å². The Morgan fingerprint density at radius 3 is 2.44 bits per heavy atom. The van der Waals surface area contributed by atoms with Crippen LogP contribution in [0, 0.1) is 0 Å². The SMILES string of the molecule is CCSc1ccccc1NS(=O)(=O)c1ccc(SC)c(NC(C)=O)c1. The molecule has 0 aromatic heterocycles. The molecule has 25 heavy (non-hydrogen) atoms. The second kappa shape index (κ2) is 8.64. The molecular formula is C17H20N2O3S3. The molecule has 0 heterocycles. The van der Waals surface area contributed by atoms with Gasteiger partial charge in [-0.2, -0.15) is 0 Å². The number of nitrogens with one attached hydrogen (secondary N) is 2. The predicted molar refractivity (Wildman–Crippen MR) is 106 cm³/mol. The molecule has 5 nitrogen and oxygen atoms in total. The van der Waals surface area contributed by atoms with Crippen LogP contribution in [-0.2, 0) is 14.8 Å². The molecule has 0 aliphatic heterocycles. The summed E-state index contributed by atoms with van der Waals surface area (Å²) >= 11 is 3.00. The van der Waals surface area contributed by atoms with E-state index in [1.165, 1.54) is 30.8 Å². The lowest BCUT2D eigenvalue weighted by Gasteiger charge is -2.14. The average Bonchev–Trinajstić information content (AvgIpc) is 2.56. The highest BCUT2D eigenvalue weighted by molar-refractivity contribution is 7.99. The van der Waals surface area contributed by atoms with Crippen LogP contribution in [0.5, 0.6) is 0 Å². The maximum absolute atomic E-state index is 12.8. The quantitative estimate of drug-likeness (QED) is 0.683. The van der Waals surface area contributed by atoms with E-state index in [1.807, 2.05) is 25.3 Å². The third-order valence-electron chi connectivity index (χ3n) is 3.22. The molecule has 0 bridgehead atoms. The van der Waals surface area contributed by atoms with Gasteiger partial charge in [0.2, 0.25) is 5.91 Å². The lowest BCUT2D eigenvalue weighted by Crippen LogP contribution is -2.15. The first-order valence-electron chi connectivity index (χ1n) is 7.57. The van der Waals surface area contributed by atoms with Crippen molar-refractivity contribution in [2.45, 2.75) is 28.5 Å². The number of para-hydroxylation sites is 1. The maximum atomic E-state index is 12.8. The number of benzene rings is 2. The van der Waals surface area contributed by atoms with Crippen LogP contribution in [0.2, 0.25) is 0 Å². The number of hydrogen-bond donors (Lipinski definition) is 2. The lowest BCUT2D eigenvalue weighted by atomic mass is 10.3. The van der Waals surface area contributed by atoms with Gasteiger partial charge < -0.3 is 5.32 Å². The Balaban J connectivity index is 2.38. The fourth-order valence-corrected chi connectivity index (χ4v) is 4.64. The van der Waals surface area contributed by atoms with Gasteiger partial charge in [-0.1, -0.05) is 19.1 Å². The third kappa shape index (κ3) is 5.17. The molecule has 2 rings (SSSR count). The van der Waals surface area contributed by atoms with Crippen LogP contribution < -0.4 is 10.0 Å². The van der Waals surface area contributed by atoms with Gasteiger partial charge in [0.15, 0.2) is 0 Å². The first-order valence-corrected chi connectivity index (χ1v) is 11.3. The van der Waals surface area contributed by atoms with E-state index >= 15 is 0 Å². The molecule has 0 saturated heterocycles. The Hall–Kier alpha value is -1.64. The Bertz CT molecular complexity index is 867. The van der Waals surface area contributed by atoms with Crippen molar-refractivity contribution in [1.29, 1.82) is 0 Å². The summed E-state index contributed by atoms with van der Waals surface area (Å²) in [4.78, 5) is 13.1. The minimum Gasteiger partial charge on any atom is -0.325 e. The Morgan fingerprint density at radius 2 is 1.80 bits per heavy atom. The van der Waals surface area contributed by atoms with Crippen molar-refractivity contribution >= 4 is 50.8 Å². The van der Waals surface area contributed by atoms with E-state index in [1.54, 1.807) is 30.0 Å². The summed E-state index contributed by atoms with van der Waals surface area (Å²) in [5.74, 6) is 0.593. The minimum atomic E-state index is -3.76. The molecule has 134 valence electrons. The van der Waals surface area contributed by atoms with E-state index in [0.717, 1.165) is 15.5 Å². The summed E-state index contributed by atoms with van der Waals surface area (Å²) in [7, 11) is -3.76. The fraction of sp³-hybridized carbons (Fsp3) is 0.235. The van der Waals surface area contributed by atoms with Gasteiger partial charge in [-0.3, -0.25) is 9.52 Å². The van der Waals surface area contributed by atoms with Crippen molar-refractivity contribution < 1.29 is 13.2 Å². The number of thioether (sulfide) groups is 2. The van der Waals surface area contributed by atoms with Crippen molar-refractivity contribution in [2.75, 3.05) is 22.0 Å². The van der Waals surface area contributed by atoms with Crippen LogP contribution in [0.15, 0.2) is 57.2 Å². The molecule has 0 aliphatic rings. The van der Waals surface area contributed by atoms with E-state index < -0.39 is 10.0 Å².